The van der Waals surface area contributed by atoms with Crippen molar-refractivity contribution in [3.05, 3.63) is 34.9 Å². The summed E-state index contributed by atoms with van der Waals surface area (Å²) in [5.74, 6) is 0.331. The number of carbonyl (C=O) groups excluding carboxylic acids is 1. The van der Waals surface area contributed by atoms with Crippen LogP contribution in [0.4, 0.5) is 0 Å². The normalized spacial score (nSPS) is 14.9. The van der Waals surface area contributed by atoms with Crippen molar-refractivity contribution in [3.63, 3.8) is 0 Å². The Balaban J connectivity index is 1.79. The zero-order valence-electron chi connectivity index (χ0n) is 10.8. The molecule has 1 aromatic rings. The molecule has 0 atom stereocenters. The van der Waals surface area contributed by atoms with Crippen LogP contribution in [0.2, 0.25) is 0 Å². The van der Waals surface area contributed by atoms with Crippen LogP contribution in [0.1, 0.15) is 36.0 Å². The van der Waals surface area contributed by atoms with E-state index in [1.54, 1.807) is 0 Å². The van der Waals surface area contributed by atoms with E-state index in [9.17, 15) is 4.79 Å². The number of hydrogen-bond donors (Lipinski definition) is 1. The lowest BCUT2D eigenvalue weighted by molar-refractivity contribution is -0.118. The van der Waals surface area contributed by atoms with Crippen molar-refractivity contribution < 1.29 is 4.79 Å². The number of Topliss-reactive ketones (excluding diaryl/α,β-unsaturated/α-hetero) is 1. The summed E-state index contributed by atoms with van der Waals surface area (Å²) < 4.78 is 0. The summed E-state index contributed by atoms with van der Waals surface area (Å²) in [6.45, 7) is 4.76. The molecule has 0 heterocycles. The lowest BCUT2D eigenvalue weighted by Gasteiger charge is -2.07. The average Bonchev–Trinajstić information content (AvgIpc) is 3.11. The highest BCUT2D eigenvalue weighted by Crippen LogP contribution is 2.18. The Bertz CT molecular complexity index is 407. The Labute approximate surface area is 103 Å². The second kappa shape index (κ2) is 5.46. The van der Waals surface area contributed by atoms with E-state index in [1.807, 2.05) is 0 Å². The smallest absolute Gasteiger partial charge is 0.146 e. The molecule has 2 rings (SSSR count). The summed E-state index contributed by atoms with van der Waals surface area (Å²) >= 11 is 0. The fraction of sp³-hybridized carbons (Fsp3) is 0.533. The third kappa shape index (κ3) is 3.97. The lowest BCUT2D eigenvalue weighted by Crippen LogP contribution is -2.25. The molecular weight excluding hydrogens is 210 g/mol. The van der Waals surface area contributed by atoms with Gasteiger partial charge in [-0.15, -0.1) is 0 Å². The van der Waals surface area contributed by atoms with Crippen molar-refractivity contribution in [2.75, 3.05) is 6.54 Å². The number of carbonyl (C=O) groups is 1. The van der Waals surface area contributed by atoms with Gasteiger partial charge in [-0.25, -0.2) is 0 Å². The van der Waals surface area contributed by atoms with Crippen molar-refractivity contribution in [1.29, 1.82) is 0 Å². The summed E-state index contributed by atoms with van der Waals surface area (Å²) in [6.07, 6.45) is 4.01. The Morgan fingerprint density at radius 3 is 2.82 bits per heavy atom. The maximum Gasteiger partial charge on any atom is 0.146 e. The molecule has 1 saturated carbocycles. The van der Waals surface area contributed by atoms with Gasteiger partial charge in [0.15, 0.2) is 0 Å². The number of aryl methyl sites for hydroxylation is 3. The quantitative estimate of drug-likeness (QED) is 0.815. The van der Waals surface area contributed by atoms with E-state index in [2.05, 4.69) is 37.4 Å². The third-order valence-corrected chi connectivity index (χ3v) is 3.34. The monoisotopic (exact) mass is 231 g/mol. The van der Waals surface area contributed by atoms with Gasteiger partial charge < -0.3 is 5.32 Å². The molecule has 0 radical (unpaired) electrons. The first kappa shape index (κ1) is 12.3. The molecule has 0 saturated heterocycles. The van der Waals surface area contributed by atoms with Crippen LogP contribution in [0.5, 0.6) is 0 Å². The molecule has 0 amide bonds. The van der Waals surface area contributed by atoms with Gasteiger partial charge in [0.05, 0.1) is 6.54 Å². The van der Waals surface area contributed by atoms with Crippen LogP contribution in [0.15, 0.2) is 18.2 Å². The highest BCUT2D eigenvalue weighted by molar-refractivity contribution is 5.80. The van der Waals surface area contributed by atoms with E-state index in [-0.39, 0.29) is 0 Å². The van der Waals surface area contributed by atoms with Crippen molar-refractivity contribution in [1.82, 2.24) is 5.32 Å². The standard InChI is InChI=1S/C15H21NO/c1-11-3-4-12(2)13(9-11)5-8-15(17)10-16-14-6-7-14/h3-4,9,14,16H,5-8,10H2,1-2H3. The Morgan fingerprint density at radius 1 is 1.35 bits per heavy atom. The minimum atomic E-state index is 0.331. The topological polar surface area (TPSA) is 29.1 Å². The summed E-state index contributed by atoms with van der Waals surface area (Å²) in [5, 5.41) is 3.27. The first-order chi connectivity index (χ1) is 8.15. The van der Waals surface area contributed by atoms with Gasteiger partial charge in [0.2, 0.25) is 0 Å². The van der Waals surface area contributed by atoms with Gasteiger partial charge in [-0.3, -0.25) is 4.79 Å². The van der Waals surface area contributed by atoms with Gasteiger partial charge in [0.1, 0.15) is 5.78 Å². The predicted octanol–water partition coefficient (Wildman–Crippen LogP) is 2.56. The third-order valence-electron chi connectivity index (χ3n) is 3.34. The van der Waals surface area contributed by atoms with Gasteiger partial charge in [0.25, 0.3) is 0 Å². The predicted molar refractivity (Wildman–Crippen MR) is 70.3 cm³/mol. The molecule has 0 aliphatic heterocycles. The van der Waals surface area contributed by atoms with Crippen LogP contribution in [0.3, 0.4) is 0 Å². The average molecular weight is 231 g/mol. The van der Waals surface area contributed by atoms with Gasteiger partial charge in [-0.2, -0.15) is 0 Å². The number of rotatable bonds is 6. The summed E-state index contributed by atoms with van der Waals surface area (Å²) in [4.78, 5) is 11.7. The molecule has 0 unspecified atom stereocenters. The molecule has 2 heteroatoms. The largest absolute Gasteiger partial charge is 0.307 e. The van der Waals surface area contributed by atoms with Crippen LogP contribution in [0, 0.1) is 13.8 Å². The molecule has 1 N–H and O–H groups in total. The number of nitrogens with one attached hydrogen (secondary N) is 1. The molecule has 0 spiro atoms. The second-order valence-corrected chi connectivity index (χ2v) is 5.12. The zero-order chi connectivity index (χ0) is 12.3. The molecule has 17 heavy (non-hydrogen) atoms. The van der Waals surface area contributed by atoms with E-state index < -0.39 is 0 Å². The van der Waals surface area contributed by atoms with Crippen LogP contribution >= 0.6 is 0 Å². The highest BCUT2D eigenvalue weighted by atomic mass is 16.1. The van der Waals surface area contributed by atoms with Crippen molar-refractivity contribution in [2.45, 2.75) is 45.6 Å². The minimum absolute atomic E-state index is 0.331. The van der Waals surface area contributed by atoms with Crippen molar-refractivity contribution in [3.8, 4) is 0 Å². The lowest BCUT2D eigenvalue weighted by atomic mass is 10.0. The van der Waals surface area contributed by atoms with E-state index in [1.165, 1.54) is 29.5 Å². The Hall–Kier alpha value is -1.15. The minimum Gasteiger partial charge on any atom is -0.307 e. The SMILES string of the molecule is Cc1ccc(C)c(CCC(=O)CNC2CC2)c1. The summed E-state index contributed by atoms with van der Waals surface area (Å²) in [6, 6.07) is 7.07. The molecule has 0 bridgehead atoms. The maximum absolute atomic E-state index is 11.7. The van der Waals surface area contributed by atoms with E-state index >= 15 is 0 Å². The van der Waals surface area contributed by atoms with Crippen LogP contribution < -0.4 is 5.32 Å². The summed E-state index contributed by atoms with van der Waals surface area (Å²) in [5.41, 5.74) is 3.87. The molecule has 92 valence electrons. The van der Waals surface area contributed by atoms with Gasteiger partial charge in [-0.05, 0) is 44.2 Å². The van der Waals surface area contributed by atoms with Crippen LogP contribution in [-0.4, -0.2) is 18.4 Å². The number of ketones is 1. The fourth-order valence-corrected chi connectivity index (χ4v) is 1.98. The van der Waals surface area contributed by atoms with Crippen molar-refractivity contribution in [2.24, 2.45) is 0 Å². The molecule has 2 nitrogen and oxygen atoms in total. The highest BCUT2D eigenvalue weighted by Gasteiger charge is 2.20. The van der Waals surface area contributed by atoms with E-state index in [4.69, 9.17) is 0 Å². The number of benzene rings is 1. The first-order valence-corrected chi connectivity index (χ1v) is 6.46. The molecule has 1 aliphatic rings. The van der Waals surface area contributed by atoms with Gasteiger partial charge in [-0.1, -0.05) is 23.8 Å². The molecule has 1 fully saturated rings. The maximum atomic E-state index is 11.7. The van der Waals surface area contributed by atoms with Crippen molar-refractivity contribution >= 4 is 5.78 Å². The van der Waals surface area contributed by atoms with Crippen LogP contribution in [-0.2, 0) is 11.2 Å². The van der Waals surface area contributed by atoms with Gasteiger partial charge >= 0.3 is 0 Å². The fourth-order valence-electron chi connectivity index (χ4n) is 1.98. The second-order valence-electron chi connectivity index (χ2n) is 5.12. The Kier molecular flexibility index (Phi) is 3.95. The molecular formula is C15H21NO. The molecule has 1 aliphatic carbocycles. The summed E-state index contributed by atoms with van der Waals surface area (Å²) in [7, 11) is 0. The van der Waals surface area contributed by atoms with E-state index in [0.717, 1.165) is 6.42 Å². The van der Waals surface area contributed by atoms with Crippen LogP contribution in [0.25, 0.3) is 0 Å². The first-order valence-electron chi connectivity index (χ1n) is 6.46. The molecule has 1 aromatic carbocycles. The zero-order valence-corrected chi connectivity index (χ0v) is 10.8. The van der Waals surface area contributed by atoms with E-state index in [0.29, 0.717) is 24.8 Å². The van der Waals surface area contributed by atoms with Gasteiger partial charge in [0, 0.05) is 12.5 Å². The molecule has 0 aromatic heterocycles. The number of hydrogen-bond acceptors (Lipinski definition) is 2. The Morgan fingerprint density at radius 2 is 2.12 bits per heavy atom.